The van der Waals surface area contributed by atoms with Crippen molar-refractivity contribution in [2.45, 2.75) is 13.8 Å². The maximum absolute atomic E-state index is 10.3. The molecule has 0 aliphatic carbocycles. The molecule has 0 saturated carbocycles. The predicted octanol–water partition coefficient (Wildman–Crippen LogP) is 5.22. The molecule has 0 aromatic heterocycles. The van der Waals surface area contributed by atoms with Gasteiger partial charge in [0.25, 0.3) is 0 Å². The molecule has 0 spiro atoms. The molecule has 0 bridgehead atoms. The van der Waals surface area contributed by atoms with Crippen molar-refractivity contribution in [2.75, 3.05) is 13.2 Å². The molecule has 0 heterocycles. The van der Waals surface area contributed by atoms with E-state index in [1.807, 2.05) is 50.2 Å². The number of benzene rings is 2. The lowest BCUT2D eigenvalue weighted by Crippen LogP contribution is -2.00. The lowest BCUT2D eigenvalue weighted by molar-refractivity contribution is 0.166. The van der Waals surface area contributed by atoms with Gasteiger partial charge in [-0.05, 0) is 25.3 Å². The molecule has 0 fully saturated rings. The molecule has 0 aliphatic rings. The summed E-state index contributed by atoms with van der Waals surface area (Å²) in [7, 11) is 0. The van der Waals surface area contributed by atoms with Gasteiger partial charge in [-0.2, -0.15) is 0 Å². The Morgan fingerprint density at radius 3 is 1.35 bits per heavy atom. The zero-order valence-corrected chi connectivity index (χ0v) is 14.9. The summed E-state index contributed by atoms with van der Waals surface area (Å²) in [4.78, 5) is 0. The highest BCUT2D eigenvalue weighted by atomic mass is 16.5. The summed E-state index contributed by atoms with van der Waals surface area (Å²) in [5, 5.41) is 20.6. The minimum Gasteiger partial charge on any atom is -0.501 e. The van der Waals surface area contributed by atoms with Crippen LogP contribution >= 0.6 is 0 Å². The van der Waals surface area contributed by atoms with Gasteiger partial charge in [0.05, 0.1) is 13.2 Å². The Balaban J connectivity index is 2.60. The minimum atomic E-state index is -0.0905. The Labute approximate surface area is 153 Å². The number of aliphatic hydroxyl groups excluding tert-OH is 2. The van der Waals surface area contributed by atoms with Crippen LogP contribution in [-0.4, -0.2) is 23.4 Å². The molecule has 4 nitrogen and oxygen atoms in total. The highest BCUT2D eigenvalue weighted by Gasteiger charge is 2.10. The maximum Gasteiger partial charge on any atom is 0.217 e. The predicted molar refractivity (Wildman–Crippen MR) is 102 cm³/mol. The van der Waals surface area contributed by atoms with Gasteiger partial charge >= 0.3 is 0 Å². The van der Waals surface area contributed by atoms with Gasteiger partial charge in [0.1, 0.15) is 0 Å². The van der Waals surface area contributed by atoms with E-state index in [1.165, 1.54) is 0 Å². The Bertz CT molecular complexity index is 765. The molecule has 2 rings (SSSR count). The molecular weight excluding hydrogens is 328 g/mol. The molecule has 0 atom stereocenters. The van der Waals surface area contributed by atoms with E-state index in [0.717, 1.165) is 0 Å². The van der Waals surface area contributed by atoms with E-state index in [4.69, 9.17) is 9.47 Å². The molecule has 134 valence electrons. The normalized spacial score (nSPS) is 9.46. The van der Waals surface area contributed by atoms with Crippen molar-refractivity contribution < 1.29 is 19.7 Å². The highest BCUT2D eigenvalue weighted by molar-refractivity contribution is 5.60. The standard InChI is InChI=1S/C22H22O4/c1-3-25-21(15-19(23)17-11-7-5-8-12-17)22(26-4-2)16-20(24)18-13-9-6-10-14-18/h5-14,23-24H,3-4H2,1-2H3. The van der Waals surface area contributed by atoms with Crippen molar-refractivity contribution in [2.24, 2.45) is 0 Å². The highest BCUT2D eigenvalue weighted by Crippen LogP contribution is 2.18. The summed E-state index contributed by atoms with van der Waals surface area (Å²) >= 11 is 0. The summed E-state index contributed by atoms with van der Waals surface area (Å²) in [6, 6.07) is 18.0. The second-order valence-corrected chi connectivity index (χ2v) is 5.20. The third-order valence-electron chi connectivity index (χ3n) is 3.34. The summed E-state index contributed by atoms with van der Waals surface area (Å²) < 4.78 is 11.1. The first-order valence-electron chi connectivity index (χ1n) is 8.42. The zero-order chi connectivity index (χ0) is 18.8. The van der Waals surface area contributed by atoms with Crippen molar-refractivity contribution in [3.05, 3.63) is 94.8 Å². The van der Waals surface area contributed by atoms with Crippen LogP contribution in [0, 0.1) is 0 Å². The van der Waals surface area contributed by atoms with E-state index < -0.39 is 0 Å². The molecule has 0 amide bonds. The lowest BCUT2D eigenvalue weighted by atomic mass is 10.2. The van der Waals surface area contributed by atoms with E-state index in [2.05, 4.69) is 11.5 Å². The summed E-state index contributed by atoms with van der Waals surface area (Å²) in [6.07, 6.45) is 0. The van der Waals surface area contributed by atoms with Crippen LogP contribution in [0.3, 0.4) is 0 Å². The van der Waals surface area contributed by atoms with Crippen LogP contribution < -0.4 is 0 Å². The van der Waals surface area contributed by atoms with Crippen LogP contribution in [0.15, 0.2) is 83.6 Å². The summed E-state index contributed by atoms with van der Waals surface area (Å²) in [5.41, 5.74) is 6.78. The molecule has 0 saturated heterocycles. The Morgan fingerprint density at radius 1 is 0.692 bits per heavy atom. The molecule has 2 aromatic rings. The Hall–Kier alpha value is -3.32. The SMILES string of the molecule is CCOC(=C=C(O)c1ccccc1)C(=C=C(O)c1ccccc1)OCC. The van der Waals surface area contributed by atoms with E-state index in [9.17, 15) is 10.2 Å². The molecule has 4 heteroatoms. The van der Waals surface area contributed by atoms with Crippen LogP contribution in [0.1, 0.15) is 25.0 Å². The molecule has 2 aromatic carbocycles. The van der Waals surface area contributed by atoms with E-state index in [1.54, 1.807) is 24.3 Å². The van der Waals surface area contributed by atoms with Crippen LogP contribution in [0.25, 0.3) is 11.5 Å². The van der Waals surface area contributed by atoms with Crippen molar-refractivity contribution in [1.82, 2.24) is 0 Å². The summed E-state index contributed by atoms with van der Waals surface area (Å²) in [5.74, 6) is 0.149. The van der Waals surface area contributed by atoms with Crippen molar-refractivity contribution in [1.29, 1.82) is 0 Å². The van der Waals surface area contributed by atoms with Gasteiger partial charge in [-0.25, -0.2) is 0 Å². The average molecular weight is 350 g/mol. The quantitative estimate of drug-likeness (QED) is 0.408. The molecular formula is C22H22O4. The fourth-order valence-corrected chi connectivity index (χ4v) is 2.16. The van der Waals surface area contributed by atoms with E-state index in [0.29, 0.717) is 24.3 Å². The topological polar surface area (TPSA) is 58.9 Å². The van der Waals surface area contributed by atoms with Crippen molar-refractivity contribution in [3.8, 4) is 0 Å². The molecule has 0 radical (unpaired) electrons. The second kappa shape index (κ2) is 9.85. The van der Waals surface area contributed by atoms with Crippen molar-refractivity contribution >= 4 is 11.5 Å². The van der Waals surface area contributed by atoms with Gasteiger partial charge in [-0.15, -0.1) is 0 Å². The molecule has 26 heavy (non-hydrogen) atoms. The van der Waals surface area contributed by atoms with Crippen LogP contribution in [0.2, 0.25) is 0 Å². The van der Waals surface area contributed by atoms with Crippen LogP contribution in [-0.2, 0) is 9.47 Å². The lowest BCUT2D eigenvalue weighted by Gasteiger charge is -2.09. The average Bonchev–Trinajstić information content (AvgIpc) is 2.68. The smallest absolute Gasteiger partial charge is 0.217 e. The fraction of sp³-hybridized carbons (Fsp3) is 0.182. The Morgan fingerprint density at radius 2 is 1.04 bits per heavy atom. The first-order chi connectivity index (χ1) is 12.7. The number of ether oxygens (including phenoxy) is 2. The molecule has 0 unspecified atom stereocenters. The monoisotopic (exact) mass is 350 g/mol. The van der Waals surface area contributed by atoms with Gasteiger partial charge in [-0.3, -0.25) is 0 Å². The van der Waals surface area contributed by atoms with Gasteiger partial charge in [-0.1, -0.05) is 60.7 Å². The first kappa shape index (κ1) is 19.0. The number of hydrogen-bond acceptors (Lipinski definition) is 4. The maximum atomic E-state index is 10.3. The first-order valence-corrected chi connectivity index (χ1v) is 8.42. The fourth-order valence-electron chi connectivity index (χ4n) is 2.16. The molecule has 2 N–H and O–H groups in total. The van der Waals surface area contributed by atoms with Crippen LogP contribution in [0.4, 0.5) is 0 Å². The van der Waals surface area contributed by atoms with Gasteiger partial charge < -0.3 is 19.7 Å². The van der Waals surface area contributed by atoms with Gasteiger partial charge in [0, 0.05) is 11.1 Å². The van der Waals surface area contributed by atoms with Crippen LogP contribution in [0.5, 0.6) is 0 Å². The number of hydrogen-bond donors (Lipinski definition) is 2. The second-order valence-electron chi connectivity index (χ2n) is 5.20. The minimum absolute atomic E-state index is 0.0905. The molecule has 0 aliphatic heterocycles. The third kappa shape index (κ3) is 5.35. The van der Waals surface area contributed by atoms with E-state index in [-0.39, 0.29) is 23.0 Å². The number of aliphatic hydroxyl groups is 2. The Kier molecular flexibility index (Phi) is 7.20. The summed E-state index contributed by atoms with van der Waals surface area (Å²) in [6.45, 7) is 4.31. The zero-order valence-electron chi connectivity index (χ0n) is 14.9. The van der Waals surface area contributed by atoms with Gasteiger partial charge in [0.15, 0.2) is 11.5 Å². The number of rotatable bonds is 7. The largest absolute Gasteiger partial charge is 0.501 e. The van der Waals surface area contributed by atoms with E-state index >= 15 is 0 Å². The van der Waals surface area contributed by atoms with Gasteiger partial charge in [0.2, 0.25) is 11.5 Å². The third-order valence-corrected chi connectivity index (χ3v) is 3.34. The van der Waals surface area contributed by atoms with Crippen molar-refractivity contribution in [3.63, 3.8) is 0 Å².